The molecule has 0 bridgehead atoms. The van der Waals surface area contributed by atoms with E-state index in [0.29, 0.717) is 32.6 Å². The highest BCUT2D eigenvalue weighted by Crippen LogP contribution is 2.42. The Morgan fingerprint density at radius 3 is 2.50 bits per heavy atom. The fourth-order valence-corrected chi connectivity index (χ4v) is 4.28. The van der Waals surface area contributed by atoms with Crippen LogP contribution in [-0.4, -0.2) is 28.4 Å². The summed E-state index contributed by atoms with van der Waals surface area (Å²) in [6.45, 7) is 10.9. The first kappa shape index (κ1) is 23.4. The Kier molecular flexibility index (Phi) is 6.11. The number of nitrogens with two attached hydrogens (primary N) is 1. The summed E-state index contributed by atoms with van der Waals surface area (Å²) in [6.07, 6.45) is -0.683. The molecule has 168 valence electrons. The van der Waals surface area contributed by atoms with Gasteiger partial charge in [-0.2, -0.15) is 5.26 Å². The summed E-state index contributed by atoms with van der Waals surface area (Å²) in [5, 5.41) is 13.3. The lowest BCUT2D eigenvalue weighted by atomic mass is 10.1. The standard InChI is InChI=1S/C23H26BrN5O3/c1-11-8-9-15(31-7)12(2)19(11)29-20(28-22(30)32-23(4,5)6)14(10-25)16-17(24)18(26)13(3)27-21(16)29/h8-9H,26H2,1-7H3,(H,28,30). The van der Waals surface area contributed by atoms with E-state index in [1.54, 1.807) is 39.4 Å². The van der Waals surface area contributed by atoms with E-state index in [0.717, 1.165) is 16.8 Å². The number of methoxy groups -OCH3 is 1. The zero-order valence-electron chi connectivity index (χ0n) is 19.2. The van der Waals surface area contributed by atoms with Gasteiger partial charge in [0.05, 0.1) is 34.0 Å². The molecule has 2 heterocycles. The van der Waals surface area contributed by atoms with Crippen molar-refractivity contribution in [3.63, 3.8) is 0 Å². The van der Waals surface area contributed by atoms with Gasteiger partial charge in [0.2, 0.25) is 0 Å². The van der Waals surface area contributed by atoms with Gasteiger partial charge in [0.15, 0.2) is 0 Å². The summed E-state index contributed by atoms with van der Waals surface area (Å²) in [5.41, 5.74) is 9.68. The molecule has 32 heavy (non-hydrogen) atoms. The second kappa shape index (κ2) is 8.36. The summed E-state index contributed by atoms with van der Waals surface area (Å²) in [4.78, 5) is 17.4. The first-order chi connectivity index (χ1) is 14.9. The number of nitrogen functional groups attached to an aromatic ring is 1. The molecule has 0 aliphatic carbocycles. The minimum absolute atomic E-state index is 0.221. The van der Waals surface area contributed by atoms with Crippen molar-refractivity contribution in [1.29, 1.82) is 5.26 Å². The topological polar surface area (TPSA) is 115 Å². The smallest absolute Gasteiger partial charge is 0.413 e. The molecule has 3 aromatic rings. The first-order valence-corrected chi connectivity index (χ1v) is 10.7. The number of carbonyl (C=O) groups excluding carboxylic acids is 1. The van der Waals surface area contributed by atoms with E-state index in [2.05, 4.69) is 32.3 Å². The Bertz CT molecular complexity index is 1280. The quantitative estimate of drug-likeness (QED) is 0.489. The monoisotopic (exact) mass is 499 g/mol. The molecule has 0 atom stereocenters. The Morgan fingerprint density at radius 1 is 1.28 bits per heavy atom. The van der Waals surface area contributed by atoms with Crippen molar-refractivity contribution in [1.82, 2.24) is 9.55 Å². The summed E-state index contributed by atoms with van der Waals surface area (Å²) >= 11 is 3.53. The number of benzene rings is 1. The van der Waals surface area contributed by atoms with Gasteiger partial charge < -0.3 is 15.2 Å². The maximum absolute atomic E-state index is 12.7. The first-order valence-electron chi connectivity index (χ1n) is 9.95. The zero-order valence-corrected chi connectivity index (χ0v) is 20.8. The van der Waals surface area contributed by atoms with Crippen LogP contribution in [0, 0.1) is 32.1 Å². The second-order valence-corrected chi connectivity index (χ2v) is 9.27. The molecule has 0 radical (unpaired) electrons. The van der Waals surface area contributed by atoms with E-state index < -0.39 is 11.7 Å². The van der Waals surface area contributed by atoms with Crippen LogP contribution in [0.15, 0.2) is 16.6 Å². The fourth-order valence-electron chi connectivity index (χ4n) is 3.61. The second-order valence-electron chi connectivity index (χ2n) is 8.48. The van der Waals surface area contributed by atoms with Gasteiger partial charge in [-0.05, 0) is 69.1 Å². The molecule has 0 unspecified atom stereocenters. The normalized spacial score (nSPS) is 11.3. The molecule has 0 aliphatic heterocycles. The number of nitrogens with zero attached hydrogens (tertiary/aromatic N) is 3. The lowest BCUT2D eigenvalue weighted by Gasteiger charge is -2.21. The van der Waals surface area contributed by atoms with Crippen LogP contribution in [0.1, 0.15) is 43.2 Å². The molecule has 0 aliphatic rings. The maximum Gasteiger partial charge on any atom is 0.413 e. The Labute approximate surface area is 195 Å². The average molecular weight is 500 g/mol. The summed E-state index contributed by atoms with van der Waals surface area (Å²) in [5.74, 6) is 0.912. The third-order valence-electron chi connectivity index (χ3n) is 5.02. The number of ether oxygens (including phenoxy) is 2. The maximum atomic E-state index is 12.7. The van der Waals surface area contributed by atoms with Crippen molar-refractivity contribution < 1.29 is 14.3 Å². The minimum atomic E-state index is -0.713. The third-order valence-corrected chi connectivity index (χ3v) is 5.85. The van der Waals surface area contributed by atoms with Crippen LogP contribution in [0.25, 0.3) is 16.7 Å². The van der Waals surface area contributed by atoms with Gasteiger partial charge in [-0.25, -0.2) is 9.78 Å². The van der Waals surface area contributed by atoms with Crippen LogP contribution < -0.4 is 15.8 Å². The minimum Gasteiger partial charge on any atom is -0.496 e. The van der Waals surface area contributed by atoms with E-state index in [1.165, 1.54) is 0 Å². The van der Waals surface area contributed by atoms with E-state index in [9.17, 15) is 10.1 Å². The Hall–Kier alpha value is -3.25. The molecule has 3 N–H and O–H groups in total. The Balaban J connectivity index is 2.47. The average Bonchev–Trinajstić information content (AvgIpc) is 2.98. The van der Waals surface area contributed by atoms with E-state index in [4.69, 9.17) is 15.2 Å². The zero-order chi connectivity index (χ0) is 24.0. The van der Waals surface area contributed by atoms with Gasteiger partial charge in [0, 0.05) is 5.56 Å². The van der Waals surface area contributed by atoms with Gasteiger partial charge in [-0.1, -0.05) is 6.07 Å². The lowest BCUT2D eigenvalue weighted by molar-refractivity contribution is 0.0635. The number of anilines is 2. The number of hydrogen-bond acceptors (Lipinski definition) is 6. The number of aryl methyl sites for hydroxylation is 2. The molecule has 8 nitrogen and oxygen atoms in total. The van der Waals surface area contributed by atoms with Crippen LogP contribution in [0.4, 0.5) is 16.3 Å². The summed E-state index contributed by atoms with van der Waals surface area (Å²) in [7, 11) is 1.59. The SMILES string of the molecule is COc1ccc(C)c(-n2c(NC(=O)OC(C)(C)C)c(C#N)c3c(Br)c(N)c(C)nc32)c1C. The number of pyridine rings is 1. The van der Waals surface area contributed by atoms with Crippen LogP contribution in [0.3, 0.4) is 0 Å². The Morgan fingerprint density at radius 2 is 1.94 bits per heavy atom. The molecule has 1 aromatic carbocycles. The lowest BCUT2D eigenvalue weighted by Crippen LogP contribution is -2.28. The third kappa shape index (κ3) is 3.98. The van der Waals surface area contributed by atoms with Crippen LogP contribution >= 0.6 is 15.9 Å². The van der Waals surface area contributed by atoms with Gasteiger partial charge in [0.25, 0.3) is 0 Å². The van der Waals surface area contributed by atoms with Gasteiger partial charge in [-0.3, -0.25) is 9.88 Å². The van der Waals surface area contributed by atoms with Crippen molar-refractivity contribution >= 4 is 44.6 Å². The van der Waals surface area contributed by atoms with Gasteiger partial charge in [0.1, 0.15) is 34.4 Å². The van der Waals surface area contributed by atoms with Crippen molar-refractivity contribution in [3.05, 3.63) is 39.0 Å². The van der Waals surface area contributed by atoms with E-state index in [-0.39, 0.29) is 11.4 Å². The highest BCUT2D eigenvalue weighted by atomic mass is 79.9. The van der Waals surface area contributed by atoms with Crippen molar-refractivity contribution in [2.24, 2.45) is 0 Å². The highest BCUT2D eigenvalue weighted by Gasteiger charge is 2.28. The number of rotatable bonds is 3. The molecular weight excluding hydrogens is 474 g/mol. The molecule has 3 rings (SSSR count). The number of hydrogen-bond donors (Lipinski definition) is 2. The van der Waals surface area contributed by atoms with Crippen LogP contribution in [-0.2, 0) is 4.74 Å². The van der Waals surface area contributed by atoms with Crippen molar-refractivity contribution in [3.8, 4) is 17.5 Å². The molecule has 0 saturated carbocycles. The molecule has 2 aromatic heterocycles. The predicted octanol–water partition coefficient (Wildman–Crippen LogP) is 5.52. The van der Waals surface area contributed by atoms with Crippen molar-refractivity contribution in [2.45, 2.75) is 47.1 Å². The largest absolute Gasteiger partial charge is 0.496 e. The van der Waals surface area contributed by atoms with Gasteiger partial charge >= 0.3 is 6.09 Å². The predicted molar refractivity (Wildman–Crippen MR) is 129 cm³/mol. The molecule has 1 amide bonds. The number of nitrogens with one attached hydrogen (secondary N) is 1. The molecule has 9 heteroatoms. The van der Waals surface area contributed by atoms with E-state index in [1.807, 2.05) is 26.0 Å². The highest BCUT2D eigenvalue weighted by molar-refractivity contribution is 9.10. The molecule has 0 fully saturated rings. The van der Waals surface area contributed by atoms with E-state index >= 15 is 0 Å². The molecule has 0 spiro atoms. The summed E-state index contributed by atoms with van der Waals surface area (Å²) in [6, 6.07) is 5.99. The molecule has 0 saturated heterocycles. The van der Waals surface area contributed by atoms with Crippen LogP contribution in [0.2, 0.25) is 0 Å². The number of carbonyl (C=O) groups is 1. The number of aromatic nitrogens is 2. The van der Waals surface area contributed by atoms with Crippen LogP contribution in [0.5, 0.6) is 5.75 Å². The number of nitriles is 1. The fraction of sp³-hybridized carbons (Fsp3) is 0.348. The summed E-state index contributed by atoms with van der Waals surface area (Å²) < 4.78 is 13.3. The number of halogens is 1. The molecular formula is C23H26BrN5O3. The van der Waals surface area contributed by atoms with Crippen molar-refractivity contribution in [2.75, 3.05) is 18.2 Å². The van der Waals surface area contributed by atoms with Gasteiger partial charge in [-0.15, -0.1) is 0 Å². The number of amides is 1. The number of fused-ring (bicyclic) bond motifs is 1.